The smallest absolute Gasteiger partial charge is 0.228 e. The molecule has 4 nitrogen and oxygen atoms in total. The third-order valence-electron chi connectivity index (χ3n) is 4.41. The molecule has 0 aliphatic heterocycles. The van der Waals surface area contributed by atoms with Crippen molar-refractivity contribution >= 4 is 11.6 Å². The first-order valence-electron chi connectivity index (χ1n) is 7.49. The van der Waals surface area contributed by atoms with Crippen molar-refractivity contribution in [2.45, 2.75) is 44.1 Å². The molecule has 1 aliphatic carbocycles. The highest BCUT2D eigenvalue weighted by Crippen LogP contribution is 2.31. The summed E-state index contributed by atoms with van der Waals surface area (Å²) in [7, 11) is 2.02. The van der Waals surface area contributed by atoms with Gasteiger partial charge in [-0.1, -0.05) is 48.2 Å². The lowest BCUT2D eigenvalue weighted by atomic mass is 9.79. The molecule has 1 aromatic carbocycles. The number of nitrogens with zero attached hydrogens (tertiary/aromatic N) is 2. The van der Waals surface area contributed by atoms with Crippen LogP contribution in [0.4, 0.5) is 0 Å². The summed E-state index contributed by atoms with van der Waals surface area (Å²) in [5, 5.41) is 8.20. The Labute approximate surface area is 129 Å². The van der Waals surface area contributed by atoms with Crippen molar-refractivity contribution < 1.29 is 4.52 Å². The van der Waals surface area contributed by atoms with Crippen LogP contribution in [0.2, 0.25) is 5.02 Å². The van der Waals surface area contributed by atoms with Gasteiger partial charge in [-0.15, -0.1) is 0 Å². The zero-order chi connectivity index (χ0) is 14.7. The van der Waals surface area contributed by atoms with Crippen LogP contribution >= 0.6 is 11.6 Å². The lowest BCUT2D eigenvalue weighted by Gasteiger charge is -2.36. The van der Waals surface area contributed by atoms with Gasteiger partial charge in [-0.05, 0) is 32.0 Å². The van der Waals surface area contributed by atoms with Gasteiger partial charge >= 0.3 is 0 Å². The second-order valence-corrected chi connectivity index (χ2v) is 6.17. The van der Waals surface area contributed by atoms with Gasteiger partial charge in [0, 0.05) is 17.5 Å². The number of likely N-dealkylation sites (N-methyl/N-ethyl adjacent to an activating group) is 1. The van der Waals surface area contributed by atoms with Gasteiger partial charge in [0.25, 0.3) is 0 Å². The summed E-state index contributed by atoms with van der Waals surface area (Å²) in [6.45, 7) is 0. The first-order valence-corrected chi connectivity index (χ1v) is 7.87. The van der Waals surface area contributed by atoms with E-state index in [0.717, 1.165) is 24.8 Å². The third-order valence-corrected chi connectivity index (χ3v) is 4.74. The first-order chi connectivity index (χ1) is 10.2. The van der Waals surface area contributed by atoms with Crippen LogP contribution in [0, 0.1) is 0 Å². The summed E-state index contributed by atoms with van der Waals surface area (Å²) in [5.41, 5.74) is 0.916. The molecule has 0 spiro atoms. The van der Waals surface area contributed by atoms with E-state index >= 15 is 0 Å². The van der Waals surface area contributed by atoms with Crippen LogP contribution in [-0.2, 0) is 6.42 Å². The molecule has 0 bridgehead atoms. The quantitative estimate of drug-likeness (QED) is 0.932. The maximum atomic E-state index is 6.18. The van der Waals surface area contributed by atoms with Gasteiger partial charge in [0.15, 0.2) is 0 Å². The molecule has 1 aromatic heterocycles. The Morgan fingerprint density at radius 3 is 2.71 bits per heavy atom. The number of hydrogen-bond donors (Lipinski definition) is 1. The number of rotatable bonds is 4. The highest BCUT2D eigenvalue weighted by atomic mass is 35.5. The lowest BCUT2D eigenvalue weighted by Crippen LogP contribution is -2.46. The molecule has 21 heavy (non-hydrogen) atoms. The van der Waals surface area contributed by atoms with Gasteiger partial charge in [-0.2, -0.15) is 4.98 Å². The van der Waals surface area contributed by atoms with Crippen LogP contribution in [0.25, 0.3) is 11.4 Å². The highest BCUT2D eigenvalue weighted by Gasteiger charge is 2.32. The van der Waals surface area contributed by atoms with E-state index in [4.69, 9.17) is 16.1 Å². The number of benzene rings is 1. The van der Waals surface area contributed by atoms with Crippen molar-refractivity contribution in [2.75, 3.05) is 7.05 Å². The summed E-state index contributed by atoms with van der Waals surface area (Å²) in [6, 6.07) is 7.56. The Bertz CT molecular complexity index is 605. The van der Waals surface area contributed by atoms with E-state index in [1.54, 1.807) is 0 Å². The van der Waals surface area contributed by atoms with E-state index in [9.17, 15) is 0 Å². The fourth-order valence-electron chi connectivity index (χ4n) is 3.11. The molecule has 1 aliphatic rings. The van der Waals surface area contributed by atoms with Gasteiger partial charge in [-0.3, -0.25) is 0 Å². The predicted molar refractivity (Wildman–Crippen MR) is 83.3 cm³/mol. The van der Waals surface area contributed by atoms with Crippen LogP contribution in [-0.4, -0.2) is 22.7 Å². The van der Waals surface area contributed by atoms with Crippen molar-refractivity contribution in [1.82, 2.24) is 15.5 Å². The lowest BCUT2D eigenvalue weighted by molar-refractivity contribution is 0.221. The zero-order valence-electron chi connectivity index (χ0n) is 12.2. The fourth-order valence-corrected chi connectivity index (χ4v) is 3.33. The van der Waals surface area contributed by atoms with Gasteiger partial charge in [0.1, 0.15) is 0 Å². The van der Waals surface area contributed by atoms with Gasteiger partial charge in [0.05, 0.1) is 5.02 Å². The van der Waals surface area contributed by atoms with Crippen molar-refractivity contribution in [3.8, 4) is 11.4 Å². The molecule has 112 valence electrons. The van der Waals surface area contributed by atoms with Gasteiger partial charge in [0.2, 0.25) is 11.7 Å². The van der Waals surface area contributed by atoms with E-state index in [0.29, 0.717) is 16.7 Å². The Balaban J connectivity index is 1.80. The van der Waals surface area contributed by atoms with Gasteiger partial charge in [-0.25, -0.2) is 0 Å². The van der Waals surface area contributed by atoms with E-state index in [1.165, 1.54) is 19.3 Å². The normalized spacial score (nSPS) is 17.8. The van der Waals surface area contributed by atoms with Crippen molar-refractivity contribution in [1.29, 1.82) is 0 Å². The van der Waals surface area contributed by atoms with E-state index < -0.39 is 0 Å². The predicted octanol–water partition coefficient (Wildman–Crippen LogP) is 3.85. The summed E-state index contributed by atoms with van der Waals surface area (Å²) in [4.78, 5) is 4.53. The molecular weight excluding hydrogens is 286 g/mol. The SMILES string of the molecule is CNC1(Cc2nc(-c3ccccc3Cl)no2)CCCCC1. The maximum Gasteiger partial charge on any atom is 0.228 e. The molecule has 1 saturated carbocycles. The number of aromatic nitrogens is 2. The van der Waals surface area contributed by atoms with Crippen LogP contribution in [0.15, 0.2) is 28.8 Å². The van der Waals surface area contributed by atoms with Crippen molar-refractivity contribution in [3.63, 3.8) is 0 Å². The average Bonchev–Trinajstić information content (AvgIpc) is 2.97. The molecule has 0 radical (unpaired) electrons. The van der Waals surface area contributed by atoms with Crippen LogP contribution in [0.1, 0.15) is 38.0 Å². The Hall–Kier alpha value is -1.39. The molecular formula is C16H20ClN3O. The summed E-state index contributed by atoms with van der Waals surface area (Å²) in [5.74, 6) is 1.25. The van der Waals surface area contributed by atoms with Crippen LogP contribution < -0.4 is 5.32 Å². The standard InChI is InChI=1S/C16H20ClN3O/c1-18-16(9-5-2-6-10-16)11-14-19-15(20-21-14)12-7-3-4-8-13(12)17/h3-4,7-8,18H,2,5-6,9-11H2,1H3. The van der Waals surface area contributed by atoms with Crippen molar-refractivity contribution in [3.05, 3.63) is 35.2 Å². The zero-order valence-corrected chi connectivity index (χ0v) is 13.0. The number of nitrogens with one attached hydrogen (secondary N) is 1. The highest BCUT2D eigenvalue weighted by molar-refractivity contribution is 6.33. The summed E-state index contributed by atoms with van der Waals surface area (Å²) >= 11 is 6.18. The number of halogens is 1. The third kappa shape index (κ3) is 3.11. The molecule has 0 saturated heterocycles. The fraction of sp³-hybridized carbons (Fsp3) is 0.500. The van der Waals surface area contributed by atoms with E-state index in [-0.39, 0.29) is 5.54 Å². The molecule has 1 N–H and O–H groups in total. The molecule has 0 atom stereocenters. The van der Waals surface area contributed by atoms with Crippen molar-refractivity contribution in [2.24, 2.45) is 0 Å². The Kier molecular flexibility index (Phi) is 4.27. The molecule has 0 unspecified atom stereocenters. The molecule has 1 heterocycles. The van der Waals surface area contributed by atoms with Gasteiger partial charge < -0.3 is 9.84 Å². The average molecular weight is 306 g/mol. The number of hydrogen-bond acceptors (Lipinski definition) is 4. The van der Waals surface area contributed by atoms with E-state index in [1.807, 2.05) is 31.3 Å². The Morgan fingerprint density at radius 1 is 1.24 bits per heavy atom. The maximum absolute atomic E-state index is 6.18. The first kappa shape index (κ1) is 14.5. The van der Waals surface area contributed by atoms with E-state index in [2.05, 4.69) is 15.5 Å². The largest absolute Gasteiger partial charge is 0.339 e. The topological polar surface area (TPSA) is 51.0 Å². The minimum absolute atomic E-state index is 0.0997. The molecule has 2 aromatic rings. The van der Waals surface area contributed by atoms with Crippen LogP contribution in [0.5, 0.6) is 0 Å². The molecule has 1 fully saturated rings. The molecule has 3 rings (SSSR count). The second kappa shape index (κ2) is 6.16. The second-order valence-electron chi connectivity index (χ2n) is 5.76. The minimum Gasteiger partial charge on any atom is -0.339 e. The molecule has 0 amide bonds. The summed E-state index contributed by atoms with van der Waals surface area (Å²) in [6.07, 6.45) is 6.93. The molecule has 5 heteroatoms. The monoisotopic (exact) mass is 305 g/mol. The Morgan fingerprint density at radius 2 is 2.00 bits per heavy atom. The minimum atomic E-state index is 0.0997. The summed E-state index contributed by atoms with van der Waals surface area (Å²) < 4.78 is 5.44. The van der Waals surface area contributed by atoms with Crippen LogP contribution in [0.3, 0.4) is 0 Å².